The fourth-order valence-corrected chi connectivity index (χ4v) is 3.44. The van der Waals surface area contributed by atoms with E-state index in [1.807, 2.05) is 25.1 Å². The summed E-state index contributed by atoms with van der Waals surface area (Å²) in [5.74, 6) is 0.736. The van der Waals surface area contributed by atoms with Crippen LogP contribution in [0, 0.1) is 6.92 Å². The van der Waals surface area contributed by atoms with Gasteiger partial charge in [0.05, 0.1) is 25.2 Å². The van der Waals surface area contributed by atoms with Gasteiger partial charge in [-0.2, -0.15) is 0 Å². The lowest BCUT2D eigenvalue weighted by Gasteiger charge is -2.20. The van der Waals surface area contributed by atoms with Crippen molar-refractivity contribution in [3.05, 3.63) is 29.3 Å². The molecule has 0 heterocycles. The van der Waals surface area contributed by atoms with Crippen LogP contribution in [-0.2, 0) is 14.6 Å². The average Bonchev–Trinajstić information content (AvgIpc) is 2.42. The Hall–Kier alpha value is -1.11. The smallest absolute Gasteiger partial charge is 0.154 e. The maximum Gasteiger partial charge on any atom is 0.154 e. The van der Waals surface area contributed by atoms with Crippen molar-refractivity contribution in [2.24, 2.45) is 0 Å². The summed E-state index contributed by atoms with van der Waals surface area (Å²) in [4.78, 5) is 0. The van der Waals surface area contributed by atoms with E-state index in [1.54, 1.807) is 14.2 Å². The molecule has 0 radical (unpaired) electrons. The van der Waals surface area contributed by atoms with Crippen molar-refractivity contribution in [1.82, 2.24) is 5.32 Å². The average molecular weight is 301 g/mol. The van der Waals surface area contributed by atoms with Crippen molar-refractivity contribution in [1.29, 1.82) is 0 Å². The lowest BCUT2D eigenvalue weighted by atomic mass is 10.0. The topological polar surface area (TPSA) is 64.6 Å². The third-order valence-electron chi connectivity index (χ3n) is 3.13. The lowest BCUT2D eigenvalue weighted by Crippen LogP contribution is -2.28. The molecule has 1 atom stereocenters. The minimum Gasteiger partial charge on any atom is -0.496 e. The molecule has 1 rings (SSSR count). The summed E-state index contributed by atoms with van der Waals surface area (Å²) >= 11 is 0. The van der Waals surface area contributed by atoms with Gasteiger partial charge in [0.25, 0.3) is 0 Å². The van der Waals surface area contributed by atoms with E-state index in [0.29, 0.717) is 5.75 Å². The van der Waals surface area contributed by atoms with Crippen molar-refractivity contribution >= 4 is 9.84 Å². The van der Waals surface area contributed by atoms with Crippen LogP contribution in [0.1, 0.15) is 17.2 Å². The predicted molar refractivity (Wildman–Crippen MR) is 80.1 cm³/mol. The maximum atomic E-state index is 12.1. The van der Waals surface area contributed by atoms with Gasteiger partial charge in [0.15, 0.2) is 9.84 Å². The molecular weight excluding hydrogens is 278 g/mol. The number of nitrogens with one attached hydrogen (secondary N) is 1. The first-order valence-electron chi connectivity index (χ1n) is 6.44. The van der Waals surface area contributed by atoms with Gasteiger partial charge in [-0.25, -0.2) is 8.42 Å². The Morgan fingerprint density at radius 3 is 2.55 bits per heavy atom. The Morgan fingerprint density at radius 2 is 2.00 bits per heavy atom. The standard InChI is InChI=1S/C14H23NO4S/c1-11-5-6-14(19-4)12(9-11)13(15-2)10-20(16,17)8-7-18-3/h5-6,9,13,15H,7-8,10H2,1-4H3. The van der Waals surface area contributed by atoms with E-state index in [-0.39, 0.29) is 24.2 Å². The molecule has 1 aromatic rings. The molecule has 20 heavy (non-hydrogen) atoms. The van der Waals surface area contributed by atoms with Crippen LogP contribution in [0.3, 0.4) is 0 Å². The third kappa shape index (κ3) is 4.77. The molecule has 0 saturated heterocycles. The SMILES string of the molecule is CNC(CS(=O)(=O)CCOC)c1cc(C)ccc1OC. The van der Waals surface area contributed by atoms with Gasteiger partial charge in [0.2, 0.25) is 0 Å². The van der Waals surface area contributed by atoms with Crippen LogP contribution in [0.2, 0.25) is 0 Å². The summed E-state index contributed by atoms with van der Waals surface area (Å²) in [6.07, 6.45) is 0. The van der Waals surface area contributed by atoms with Crippen molar-refractivity contribution < 1.29 is 17.9 Å². The summed E-state index contributed by atoms with van der Waals surface area (Å²) in [5, 5.41) is 3.05. The predicted octanol–water partition coefficient (Wildman–Crippen LogP) is 1.33. The number of sulfone groups is 1. The fourth-order valence-electron chi connectivity index (χ4n) is 2.00. The molecule has 0 aliphatic heterocycles. The molecule has 0 aliphatic rings. The molecule has 0 amide bonds. The number of benzene rings is 1. The molecule has 0 aromatic heterocycles. The summed E-state index contributed by atoms with van der Waals surface area (Å²) < 4.78 is 34.3. The van der Waals surface area contributed by atoms with Gasteiger partial charge >= 0.3 is 0 Å². The first kappa shape index (κ1) is 16.9. The van der Waals surface area contributed by atoms with Crippen molar-refractivity contribution in [3.8, 4) is 5.75 Å². The Labute approximate surface area is 121 Å². The number of methoxy groups -OCH3 is 2. The molecule has 6 heteroatoms. The summed E-state index contributed by atoms with van der Waals surface area (Å²) in [7, 11) is 1.64. The Morgan fingerprint density at radius 1 is 1.30 bits per heavy atom. The van der Waals surface area contributed by atoms with Crippen molar-refractivity contribution in [2.45, 2.75) is 13.0 Å². The highest BCUT2D eigenvalue weighted by Crippen LogP contribution is 2.27. The van der Waals surface area contributed by atoms with E-state index in [0.717, 1.165) is 11.1 Å². The molecular formula is C14H23NO4S. The second kappa shape index (κ2) is 7.61. The number of ether oxygens (including phenoxy) is 2. The highest BCUT2D eigenvalue weighted by molar-refractivity contribution is 7.91. The third-order valence-corrected chi connectivity index (χ3v) is 4.76. The molecule has 0 fully saturated rings. The first-order chi connectivity index (χ1) is 9.43. The van der Waals surface area contributed by atoms with Crippen molar-refractivity contribution in [3.63, 3.8) is 0 Å². The zero-order chi connectivity index (χ0) is 15.2. The van der Waals surface area contributed by atoms with Crippen LogP contribution >= 0.6 is 0 Å². The van der Waals surface area contributed by atoms with Gasteiger partial charge in [-0.3, -0.25) is 0 Å². The zero-order valence-electron chi connectivity index (χ0n) is 12.5. The number of hydrogen-bond donors (Lipinski definition) is 1. The number of aryl methyl sites for hydroxylation is 1. The van der Waals surface area contributed by atoms with Crippen LogP contribution in [0.4, 0.5) is 0 Å². The molecule has 5 nitrogen and oxygen atoms in total. The fraction of sp³-hybridized carbons (Fsp3) is 0.571. The molecule has 1 unspecified atom stereocenters. The maximum absolute atomic E-state index is 12.1. The summed E-state index contributed by atoms with van der Waals surface area (Å²) in [6, 6.07) is 5.45. The normalized spacial score (nSPS) is 13.2. The molecule has 1 N–H and O–H groups in total. The van der Waals surface area contributed by atoms with Gasteiger partial charge < -0.3 is 14.8 Å². The Balaban J connectivity index is 2.99. The molecule has 114 valence electrons. The quantitative estimate of drug-likeness (QED) is 0.784. The highest BCUT2D eigenvalue weighted by atomic mass is 32.2. The second-order valence-electron chi connectivity index (χ2n) is 4.69. The largest absolute Gasteiger partial charge is 0.496 e. The van der Waals surface area contributed by atoms with Crippen LogP contribution < -0.4 is 10.1 Å². The van der Waals surface area contributed by atoms with E-state index < -0.39 is 9.84 Å². The zero-order valence-corrected chi connectivity index (χ0v) is 13.3. The molecule has 1 aromatic carbocycles. The lowest BCUT2D eigenvalue weighted by molar-refractivity contribution is 0.217. The van der Waals surface area contributed by atoms with Gasteiger partial charge in [0, 0.05) is 18.7 Å². The summed E-state index contributed by atoms with van der Waals surface area (Å²) in [5.41, 5.74) is 1.92. The highest BCUT2D eigenvalue weighted by Gasteiger charge is 2.22. The number of hydrogen-bond acceptors (Lipinski definition) is 5. The van der Waals surface area contributed by atoms with Crippen LogP contribution in [0.5, 0.6) is 5.75 Å². The van der Waals surface area contributed by atoms with Crippen LogP contribution in [0.25, 0.3) is 0 Å². The Kier molecular flexibility index (Phi) is 6.45. The van der Waals surface area contributed by atoms with Gasteiger partial charge in [-0.15, -0.1) is 0 Å². The Bertz CT molecular complexity index is 528. The van der Waals surface area contributed by atoms with E-state index in [4.69, 9.17) is 9.47 Å². The molecule has 0 bridgehead atoms. The van der Waals surface area contributed by atoms with Crippen molar-refractivity contribution in [2.75, 3.05) is 39.4 Å². The second-order valence-corrected chi connectivity index (χ2v) is 6.92. The van der Waals surface area contributed by atoms with Gasteiger partial charge in [-0.05, 0) is 20.0 Å². The van der Waals surface area contributed by atoms with Crippen LogP contribution in [0.15, 0.2) is 18.2 Å². The monoisotopic (exact) mass is 301 g/mol. The molecule has 0 aliphatic carbocycles. The number of rotatable bonds is 8. The van der Waals surface area contributed by atoms with E-state index in [2.05, 4.69) is 5.32 Å². The minimum absolute atomic E-state index is 0.0205. The molecule has 0 spiro atoms. The summed E-state index contributed by atoms with van der Waals surface area (Å²) in [6.45, 7) is 2.18. The van der Waals surface area contributed by atoms with E-state index in [9.17, 15) is 8.42 Å². The van der Waals surface area contributed by atoms with Gasteiger partial charge in [-0.1, -0.05) is 17.7 Å². The molecule has 0 saturated carbocycles. The van der Waals surface area contributed by atoms with E-state index in [1.165, 1.54) is 7.11 Å². The minimum atomic E-state index is -3.18. The van der Waals surface area contributed by atoms with E-state index >= 15 is 0 Å². The van der Waals surface area contributed by atoms with Gasteiger partial charge in [0.1, 0.15) is 5.75 Å². The van der Waals surface area contributed by atoms with Crippen LogP contribution in [-0.4, -0.2) is 47.8 Å². The first-order valence-corrected chi connectivity index (χ1v) is 8.26.